The normalized spacial score (nSPS) is 11.1. The van der Waals surface area contributed by atoms with Gasteiger partial charge < -0.3 is 5.32 Å². The highest BCUT2D eigenvalue weighted by Gasteiger charge is 2.21. The number of nitrogens with one attached hydrogen (secondary N) is 1. The van der Waals surface area contributed by atoms with Gasteiger partial charge in [0.1, 0.15) is 6.54 Å². The summed E-state index contributed by atoms with van der Waals surface area (Å²) in [5.41, 5.74) is 1.35. The lowest BCUT2D eigenvalue weighted by atomic mass is 10.2. The number of rotatable bonds is 6. The maximum Gasteiger partial charge on any atom is 0.240 e. The maximum absolute atomic E-state index is 11.8. The molecule has 0 saturated carbocycles. The van der Waals surface area contributed by atoms with Gasteiger partial charge in [-0.3, -0.25) is 9.10 Å². The molecule has 1 N–H and O–H groups in total. The summed E-state index contributed by atoms with van der Waals surface area (Å²) in [5.74, 6) is -0.296. The van der Waals surface area contributed by atoms with Crippen molar-refractivity contribution in [3.05, 3.63) is 29.8 Å². The average molecular weight is 284 g/mol. The number of hydrogen-bond acceptors (Lipinski definition) is 3. The quantitative estimate of drug-likeness (QED) is 0.856. The predicted molar refractivity (Wildman–Crippen MR) is 76.7 cm³/mol. The molecule has 0 bridgehead atoms. The second-order valence-corrected chi connectivity index (χ2v) is 6.31. The summed E-state index contributed by atoms with van der Waals surface area (Å²) in [7, 11) is -3.49. The number of benzene rings is 1. The number of sulfonamides is 1. The molecule has 0 aromatic heterocycles. The van der Waals surface area contributed by atoms with E-state index in [1.165, 1.54) is 0 Å². The molecule has 5 nitrogen and oxygen atoms in total. The molecule has 0 heterocycles. The first-order valence-electron chi connectivity index (χ1n) is 6.16. The van der Waals surface area contributed by atoms with Crippen LogP contribution in [0.3, 0.4) is 0 Å². The van der Waals surface area contributed by atoms with E-state index in [0.717, 1.165) is 22.5 Å². The van der Waals surface area contributed by atoms with Gasteiger partial charge in [0.25, 0.3) is 0 Å². The highest BCUT2D eigenvalue weighted by molar-refractivity contribution is 7.92. The second-order valence-electron chi connectivity index (χ2n) is 4.41. The minimum absolute atomic E-state index is 0.191. The van der Waals surface area contributed by atoms with Gasteiger partial charge in [0, 0.05) is 6.54 Å². The number of para-hydroxylation sites is 1. The number of carbonyl (C=O) groups is 1. The Hall–Kier alpha value is -1.56. The molecule has 0 fully saturated rings. The van der Waals surface area contributed by atoms with E-state index in [1.807, 2.05) is 26.0 Å². The third-order valence-corrected chi connectivity index (χ3v) is 3.77. The van der Waals surface area contributed by atoms with Crippen molar-refractivity contribution in [1.29, 1.82) is 0 Å². The van der Waals surface area contributed by atoms with E-state index in [0.29, 0.717) is 12.2 Å². The summed E-state index contributed by atoms with van der Waals surface area (Å²) < 4.78 is 24.8. The van der Waals surface area contributed by atoms with Crippen LogP contribution >= 0.6 is 0 Å². The van der Waals surface area contributed by atoms with Crippen LogP contribution in [0.1, 0.15) is 18.9 Å². The highest BCUT2D eigenvalue weighted by Crippen LogP contribution is 2.21. The number of anilines is 1. The molecule has 0 radical (unpaired) electrons. The fraction of sp³-hybridized carbons (Fsp3) is 0.462. The van der Waals surface area contributed by atoms with Crippen molar-refractivity contribution < 1.29 is 13.2 Å². The zero-order valence-corrected chi connectivity index (χ0v) is 12.3. The van der Waals surface area contributed by atoms with Crippen LogP contribution in [0.5, 0.6) is 0 Å². The van der Waals surface area contributed by atoms with Gasteiger partial charge in [-0.05, 0) is 25.0 Å². The van der Waals surface area contributed by atoms with Gasteiger partial charge in [-0.15, -0.1) is 0 Å². The van der Waals surface area contributed by atoms with Crippen molar-refractivity contribution in [3.63, 3.8) is 0 Å². The zero-order chi connectivity index (χ0) is 14.5. The first kappa shape index (κ1) is 15.5. The van der Waals surface area contributed by atoms with Crippen LogP contribution in [0.4, 0.5) is 5.69 Å². The van der Waals surface area contributed by atoms with E-state index >= 15 is 0 Å². The van der Waals surface area contributed by atoms with Crippen molar-refractivity contribution in [1.82, 2.24) is 5.32 Å². The topological polar surface area (TPSA) is 66.5 Å². The molecule has 0 unspecified atom stereocenters. The molecule has 0 aliphatic rings. The summed E-state index contributed by atoms with van der Waals surface area (Å²) in [5, 5.41) is 2.68. The Morgan fingerprint density at radius 1 is 1.32 bits per heavy atom. The number of aryl methyl sites for hydroxylation is 1. The van der Waals surface area contributed by atoms with Crippen LogP contribution in [0.15, 0.2) is 24.3 Å². The second kappa shape index (κ2) is 6.56. The number of nitrogens with zero attached hydrogens (tertiary/aromatic N) is 1. The average Bonchev–Trinajstić information content (AvgIpc) is 2.33. The molecule has 0 aliphatic carbocycles. The van der Waals surface area contributed by atoms with E-state index < -0.39 is 10.0 Å². The number of hydrogen-bond donors (Lipinski definition) is 1. The summed E-state index contributed by atoms with van der Waals surface area (Å²) in [6.45, 7) is 4.11. The molecular weight excluding hydrogens is 264 g/mol. The molecule has 0 saturated heterocycles. The van der Waals surface area contributed by atoms with E-state index in [9.17, 15) is 13.2 Å². The van der Waals surface area contributed by atoms with Gasteiger partial charge in [-0.1, -0.05) is 25.1 Å². The lowest BCUT2D eigenvalue weighted by Gasteiger charge is -2.23. The Bertz CT molecular complexity index is 541. The fourth-order valence-corrected chi connectivity index (χ4v) is 2.59. The third-order valence-electron chi connectivity index (χ3n) is 2.64. The molecule has 6 heteroatoms. The molecule has 0 atom stereocenters. The molecule has 19 heavy (non-hydrogen) atoms. The molecule has 1 amide bonds. The lowest BCUT2D eigenvalue weighted by Crippen LogP contribution is -2.40. The van der Waals surface area contributed by atoms with Crippen LogP contribution in [0.25, 0.3) is 0 Å². The van der Waals surface area contributed by atoms with Crippen LogP contribution in [0, 0.1) is 6.92 Å². The van der Waals surface area contributed by atoms with Gasteiger partial charge in [0.2, 0.25) is 15.9 Å². The zero-order valence-electron chi connectivity index (χ0n) is 11.5. The highest BCUT2D eigenvalue weighted by atomic mass is 32.2. The monoisotopic (exact) mass is 284 g/mol. The molecular formula is C13H20N2O3S. The van der Waals surface area contributed by atoms with Crippen molar-refractivity contribution in [3.8, 4) is 0 Å². The summed E-state index contributed by atoms with van der Waals surface area (Å²) >= 11 is 0. The first-order chi connectivity index (χ1) is 8.86. The summed E-state index contributed by atoms with van der Waals surface area (Å²) in [6.07, 6.45) is 1.92. The lowest BCUT2D eigenvalue weighted by molar-refractivity contribution is -0.119. The largest absolute Gasteiger partial charge is 0.355 e. The van der Waals surface area contributed by atoms with Crippen molar-refractivity contribution in [2.75, 3.05) is 23.7 Å². The predicted octanol–water partition coefficient (Wildman–Crippen LogP) is 1.29. The van der Waals surface area contributed by atoms with Crippen molar-refractivity contribution >= 4 is 21.6 Å². The third kappa shape index (κ3) is 4.55. The van der Waals surface area contributed by atoms with Crippen molar-refractivity contribution in [2.45, 2.75) is 20.3 Å². The SMILES string of the molecule is CCCNC(=O)CN(c1ccccc1C)S(C)(=O)=O. The van der Waals surface area contributed by atoms with Crippen molar-refractivity contribution in [2.24, 2.45) is 0 Å². The Balaban J connectivity index is 2.98. The van der Waals surface area contributed by atoms with E-state index in [-0.39, 0.29) is 12.5 Å². The van der Waals surface area contributed by atoms with E-state index in [1.54, 1.807) is 12.1 Å². The Morgan fingerprint density at radius 3 is 2.47 bits per heavy atom. The molecule has 1 aromatic carbocycles. The minimum atomic E-state index is -3.49. The van der Waals surface area contributed by atoms with Gasteiger partial charge in [-0.2, -0.15) is 0 Å². The number of carbonyl (C=O) groups excluding carboxylic acids is 1. The van der Waals surface area contributed by atoms with Gasteiger partial charge in [0.05, 0.1) is 11.9 Å². The van der Waals surface area contributed by atoms with Crippen LogP contribution in [0.2, 0.25) is 0 Å². The van der Waals surface area contributed by atoms with Crippen LogP contribution in [-0.2, 0) is 14.8 Å². The fourth-order valence-electron chi connectivity index (χ4n) is 1.68. The molecule has 1 rings (SSSR count). The summed E-state index contributed by atoms with van der Waals surface area (Å²) in [4.78, 5) is 11.7. The smallest absolute Gasteiger partial charge is 0.240 e. The number of amides is 1. The Morgan fingerprint density at radius 2 is 1.95 bits per heavy atom. The molecule has 106 valence electrons. The Kier molecular flexibility index (Phi) is 5.35. The van der Waals surface area contributed by atoms with Crippen LogP contribution in [-0.4, -0.2) is 33.7 Å². The van der Waals surface area contributed by atoms with E-state index in [2.05, 4.69) is 5.32 Å². The maximum atomic E-state index is 11.8. The first-order valence-corrected chi connectivity index (χ1v) is 8.01. The minimum Gasteiger partial charge on any atom is -0.355 e. The van der Waals surface area contributed by atoms with E-state index in [4.69, 9.17) is 0 Å². The van der Waals surface area contributed by atoms with Gasteiger partial charge >= 0.3 is 0 Å². The standard InChI is InChI=1S/C13H20N2O3S/c1-4-9-14-13(16)10-15(19(3,17)18)12-8-6-5-7-11(12)2/h5-8H,4,9-10H2,1-3H3,(H,14,16). The van der Waals surface area contributed by atoms with Crippen LogP contribution < -0.4 is 9.62 Å². The summed E-state index contributed by atoms with van der Waals surface area (Å²) in [6, 6.07) is 7.10. The molecule has 1 aromatic rings. The van der Waals surface area contributed by atoms with Gasteiger partial charge in [0.15, 0.2) is 0 Å². The molecule has 0 aliphatic heterocycles. The van der Waals surface area contributed by atoms with Gasteiger partial charge in [-0.25, -0.2) is 8.42 Å². The molecule has 0 spiro atoms. The Labute approximate surface area is 114 Å².